The normalized spacial score (nSPS) is 19.6. The molecular weight excluding hydrogens is 408 g/mol. The summed E-state index contributed by atoms with van der Waals surface area (Å²) >= 11 is 0. The van der Waals surface area contributed by atoms with Crippen molar-refractivity contribution in [3.05, 3.63) is 40.8 Å². The van der Waals surface area contributed by atoms with Crippen molar-refractivity contribution < 1.29 is 19.1 Å². The van der Waals surface area contributed by atoms with E-state index < -0.39 is 0 Å². The van der Waals surface area contributed by atoms with E-state index in [9.17, 15) is 9.59 Å². The van der Waals surface area contributed by atoms with Crippen LogP contribution in [-0.2, 0) is 11.2 Å². The lowest BCUT2D eigenvalue weighted by molar-refractivity contribution is -0.117. The number of ether oxygens (including phenoxy) is 2. The molecule has 1 aromatic heterocycles. The highest BCUT2D eigenvalue weighted by Gasteiger charge is 2.37. The van der Waals surface area contributed by atoms with E-state index in [0.717, 1.165) is 24.1 Å². The van der Waals surface area contributed by atoms with Crippen LogP contribution in [0, 0.1) is 12.8 Å². The van der Waals surface area contributed by atoms with Gasteiger partial charge in [0.25, 0.3) is 5.91 Å². The monoisotopic (exact) mass is 436 g/mol. The van der Waals surface area contributed by atoms with Crippen molar-refractivity contribution in [3.8, 4) is 11.5 Å². The zero-order valence-electron chi connectivity index (χ0n) is 18.8. The van der Waals surface area contributed by atoms with Crippen LogP contribution in [0.2, 0.25) is 0 Å². The van der Waals surface area contributed by atoms with E-state index in [0.29, 0.717) is 67.3 Å². The zero-order valence-corrected chi connectivity index (χ0v) is 18.8. The Morgan fingerprint density at radius 2 is 1.97 bits per heavy atom. The highest BCUT2D eigenvalue weighted by molar-refractivity contribution is 6.00. The van der Waals surface area contributed by atoms with Gasteiger partial charge in [-0.25, -0.2) is 9.97 Å². The summed E-state index contributed by atoms with van der Waals surface area (Å²) in [6.07, 6.45) is 2.03. The van der Waals surface area contributed by atoms with Gasteiger partial charge in [-0.05, 0) is 43.9 Å². The number of nitrogens with zero attached hydrogens (tertiary/aromatic N) is 4. The van der Waals surface area contributed by atoms with E-state index in [1.165, 1.54) is 0 Å². The van der Waals surface area contributed by atoms with E-state index in [2.05, 4.69) is 13.8 Å². The fraction of sp³-hybridized carbons (Fsp3) is 0.500. The largest absolute Gasteiger partial charge is 0.486 e. The molecule has 8 heteroatoms. The first kappa shape index (κ1) is 20.7. The first-order valence-corrected chi connectivity index (χ1v) is 11.3. The van der Waals surface area contributed by atoms with Crippen LogP contribution in [0.3, 0.4) is 0 Å². The molecule has 32 heavy (non-hydrogen) atoms. The topological polar surface area (TPSA) is 84.9 Å². The summed E-state index contributed by atoms with van der Waals surface area (Å²) < 4.78 is 11.2. The van der Waals surface area contributed by atoms with Gasteiger partial charge in [0, 0.05) is 29.9 Å². The molecule has 0 radical (unpaired) electrons. The Kier molecular flexibility index (Phi) is 5.23. The molecule has 1 fully saturated rings. The number of amides is 2. The number of benzene rings is 1. The van der Waals surface area contributed by atoms with Crippen LogP contribution >= 0.6 is 0 Å². The lowest BCUT2D eigenvalue weighted by atomic mass is 10.1. The quantitative estimate of drug-likeness (QED) is 0.732. The van der Waals surface area contributed by atoms with Crippen molar-refractivity contribution >= 4 is 17.6 Å². The molecule has 2 aromatic rings. The summed E-state index contributed by atoms with van der Waals surface area (Å²) in [5.41, 5.74) is 2.29. The van der Waals surface area contributed by atoms with Crippen molar-refractivity contribution in [1.29, 1.82) is 0 Å². The molecule has 5 rings (SSSR count). The molecule has 0 saturated carbocycles. The number of fused-ring (bicyclic) bond motifs is 2. The third-order valence-electron chi connectivity index (χ3n) is 6.24. The predicted octanol–water partition coefficient (Wildman–Crippen LogP) is 3.08. The average Bonchev–Trinajstić information content (AvgIpc) is 3.38. The summed E-state index contributed by atoms with van der Waals surface area (Å²) in [4.78, 5) is 39.2. The SMILES string of the molecule is Cc1nc([C@H]2CCCN2C(=O)c2ccc3c(c2)OCCO3)nc2c1CC(=O)N2CC(C)C. The third kappa shape index (κ3) is 3.57. The lowest BCUT2D eigenvalue weighted by Crippen LogP contribution is -2.33. The predicted molar refractivity (Wildman–Crippen MR) is 118 cm³/mol. The molecule has 0 N–H and O–H groups in total. The van der Waals surface area contributed by atoms with E-state index >= 15 is 0 Å². The van der Waals surface area contributed by atoms with E-state index in [4.69, 9.17) is 19.4 Å². The standard InChI is InChI=1S/C24H28N4O4/c1-14(2)13-28-21(29)12-17-15(3)25-22(26-23(17)28)18-5-4-8-27(18)24(30)16-6-7-19-20(11-16)32-10-9-31-19/h6-7,11,14,18H,4-5,8-10,12-13H2,1-3H3/t18-/m1/s1. The second-order valence-corrected chi connectivity index (χ2v) is 9.06. The number of hydrogen-bond acceptors (Lipinski definition) is 6. The molecule has 0 unspecified atom stereocenters. The zero-order chi connectivity index (χ0) is 22.4. The number of carbonyl (C=O) groups is 2. The van der Waals surface area contributed by atoms with Gasteiger partial charge in [-0.2, -0.15) is 0 Å². The van der Waals surface area contributed by atoms with Gasteiger partial charge in [-0.1, -0.05) is 13.8 Å². The average molecular weight is 437 g/mol. The summed E-state index contributed by atoms with van der Waals surface area (Å²) in [7, 11) is 0. The van der Waals surface area contributed by atoms with Gasteiger partial charge in [-0.3, -0.25) is 14.5 Å². The maximum atomic E-state index is 13.4. The maximum Gasteiger partial charge on any atom is 0.254 e. The molecular formula is C24H28N4O4. The van der Waals surface area contributed by atoms with Crippen LogP contribution in [0.5, 0.6) is 11.5 Å². The summed E-state index contributed by atoms with van der Waals surface area (Å²) in [6, 6.07) is 5.11. The first-order valence-electron chi connectivity index (χ1n) is 11.3. The number of aryl methyl sites for hydroxylation is 1. The minimum absolute atomic E-state index is 0.0682. The molecule has 4 heterocycles. The Hall–Kier alpha value is -3.16. The van der Waals surface area contributed by atoms with Gasteiger partial charge in [0.15, 0.2) is 17.3 Å². The van der Waals surface area contributed by atoms with Gasteiger partial charge in [0.05, 0.1) is 12.5 Å². The third-order valence-corrected chi connectivity index (χ3v) is 6.24. The number of hydrogen-bond donors (Lipinski definition) is 0. The number of aromatic nitrogens is 2. The minimum Gasteiger partial charge on any atom is -0.486 e. The Morgan fingerprint density at radius 1 is 1.19 bits per heavy atom. The van der Waals surface area contributed by atoms with Crippen LogP contribution in [-0.4, -0.2) is 53.0 Å². The molecule has 3 aliphatic heterocycles. The van der Waals surface area contributed by atoms with E-state index in [1.54, 1.807) is 23.1 Å². The Labute approximate surface area is 187 Å². The second-order valence-electron chi connectivity index (χ2n) is 9.06. The molecule has 1 saturated heterocycles. The molecule has 2 amide bonds. The van der Waals surface area contributed by atoms with Crippen LogP contribution in [0.15, 0.2) is 18.2 Å². The van der Waals surface area contributed by atoms with Gasteiger partial charge >= 0.3 is 0 Å². The van der Waals surface area contributed by atoms with Crippen molar-refractivity contribution in [2.45, 2.75) is 46.1 Å². The Bertz CT molecular complexity index is 1080. The number of rotatable bonds is 4. The van der Waals surface area contributed by atoms with Crippen LogP contribution in [0.25, 0.3) is 0 Å². The van der Waals surface area contributed by atoms with Crippen LogP contribution < -0.4 is 14.4 Å². The summed E-state index contributed by atoms with van der Waals surface area (Å²) in [5, 5.41) is 0. The summed E-state index contributed by atoms with van der Waals surface area (Å²) in [6.45, 7) is 8.37. The molecule has 8 nitrogen and oxygen atoms in total. The molecule has 0 bridgehead atoms. The fourth-order valence-corrected chi connectivity index (χ4v) is 4.72. The lowest BCUT2D eigenvalue weighted by Gasteiger charge is -2.26. The van der Waals surface area contributed by atoms with Gasteiger partial charge in [0.1, 0.15) is 19.0 Å². The second kappa shape index (κ2) is 8.07. The Balaban J connectivity index is 1.45. The highest BCUT2D eigenvalue weighted by atomic mass is 16.6. The fourth-order valence-electron chi connectivity index (χ4n) is 4.72. The van der Waals surface area contributed by atoms with Crippen LogP contribution in [0.1, 0.15) is 60.2 Å². The summed E-state index contributed by atoms with van der Waals surface area (Å²) in [5.74, 6) is 2.94. The van der Waals surface area contributed by atoms with Crippen molar-refractivity contribution in [1.82, 2.24) is 14.9 Å². The molecule has 168 valence electrons. The van der Waals surface area contributed by atoms with Crippen molar-refractivity contribution in [2.75, 3.05) is 31.2 Å². The van der Waals surface area contributed by atoms with E-state index in [1.807, 2.05) is 11.8 Å². The Morgan fingerprint density at radius 3 is 2.75 bits per heavy atom. The molecule has 1 aromatic carbocycles. The molecule has 1 atom stereocenters. The van der Waals surface area contributed by atoms with Gasteiger partial charge in [-0.15, -0.1) is 0 Å². The molecule has 0 spiro atoms. The minimum atomic E-state index is -0.212. The number of anilines is 1. The first-order chi connectivity index (χ1) is 15.4. The van der Waals surface area contributed by atoms with Crippen molar-refractivity contribution in [3.63, 3.8) is 0 Å². The maximum absolute atomic E-state index is 13.4. The highest BCUT2D eigenvalue weighted by Crippen LogP contribution is 2.37. The molecule has 3 aliphatic rings. The van der Waals surface area contributed by atoms with Gasteiger partial charge in [0.2, 0.25) is 5.91 Å². The van der Waals surface area contributed by atoms with Crippen LogP contribution in [0.4, 0.5) is 5.82 Å². The van der Waals surface area contributed by atoms with Crippen molar-refractivity contribution in [2.24, 2.45) is 5.92 Å². The molecule has 0 aliphatic carbocycles. The van der Waals surface area contributed by atoms with E-state index in [-0.39, 0.29) is 17.9 Å². The number of likely N-dealkylation sites (tertiary alicyclic amines) is 1. The van der Waals surface area contributed by atoms with Gasteiger partial charge < -0.3 is 14.4 Å². The number of carbonyl (C=O) groups excluding carboxylic acids is 2. The smallest absolute Gasteiger partial charge is 0.254 e.